The molecule has 0 radical (unpaired) electrons. The molecule has 88 valence electrons. The topological polar surface area (TPSA) is 18.5 Å². The maximum Gasteiger partial charge on any atom is 0.146 e. The molecule has 3 heteroatoms. The lowest BCUT2D eigenvalue weighted by molar-refractivity contribution is -0.108. The molecule has 0 atom stereocenters. The molecule has 2 aromatic rings. The Morgan fingerprint density at radius 1 is 0.941 bits per heavy atom. The minimum absolute atomic E-state index is 0.297. The molecule has 1 aliphatic heterocycles. The molecular formula is C14H13ClO2. The van der Waals surface area contributed by atoms with E-state index in [4.69, 9.17) is 21.1 Å². The SMILES string of the molecule is Clc1ccc(C2COCOC2)c2ccccc12. The molecule has 1 heterocycles. The summed E-state index contributed by atoms with van der Waals surface area (Å²) < 4.78 is 10.7. The van der Waals surface area contributed by atoms with Gasteiger partial charge in [-0.1, -0.05) is 41.9 Å². The molecule has 0 bridgehead atoms. The van der Waals surface area contributed by atoms with Gasteiger partial charge in [-0.2, -0.15) is 0 Å². The lowest BCUT2D eigenvalue weighted by Gasteiger charge is -2.24. The van der Waals surface area contributed by atoms with Gasteiger partial charge in [0.25, 0.3) is 0 Å². The van der Waals surface area contributed by atoms with Gasteiger partial charge in [0.2, 0.25) is 0 Å². The van der Waals surface area contributed by atoms with Crippen molar-refractivity contribution in [3.8, 4) is 0 Å². The van der Waals surface area contributed by atoms with Gasteiger partial charge in [0.1, 0.15) is 6.79 Å². The van der Waals surface area contributed by atoms with Crippen molar-refractivity contribution >= 4 is 22.4 Å². The van der Waals surface area contributed by atoms with Gasteiger partial charge >= 0.3 is 0 Å². The van der Waals surface area contributed by atoms with Crippen molar-refractivity contribution < 1.29 is 9.47 Å². The van der Waals surface area contributed by atoms with Crippen LogP contribution in [-0.4, -0.2) is 20.0 Å². The predicted molar refractivity (Wildman–Crippen MR) is 68.5 cm³/mol. The number of fused-ring (bicyclic) bond motifs is 1. The number of halogens is 1. The van der Waals surface area contributed by atoms with Gasteiger partial charge in [0.15, 0.2) is 0 Å². The Labute approximate surface area is 105 Å². The first-order chi connectivity index (χ1) is 8.36. The van der Waals surface area contributed by atoms with Crippen molar-refractivity contribution in [3.05, 3.63) is 47.0 Å². The van der Waals surface area contributed by atoms with Crippen molar-refractivity contribution in [1.82, 2.24) is 0 Å². The Hall–Kier alpha value is -1.09. The standard InChI is InChI=1S/C14H13ClO2/c15-14-6-5-11(10-7-16-9-17-8-10)12-3-1-2-4-13(12)14/h1-6,10H,7-9H2. The summed E-state index contributed by atoms with van der Waals surface area (Å²) in [6.07, 6.45) is 0. The van der Waals surface area contributed by atoms with Gasteiger partial charge in [-0.05, 0) is 17.0 Å². The van der Waals surface area contributed by atoms with E-state index in [2.05, 4.69) is 12.1 Å². The highest BCUT2D eigenvalue weighted by Gasteiger charge is 2.19. The summed E-state index contributed by atoms with van der Waals surface area (Å²) in [6.45, 7) is 1.83. The molecule has 0 N–H and O–H groups in total. The fraction of sp³-hybridized carbons (Fsp3) is 0.286. The van der Waals surface area contributed by atoms with E-state index in [1.165, 1.54) is 10.9 Å². The van der Waals surface area contributed by atoms with E-state index < -0.39 is 0 Å². The smallest absolute Gasteiger partial charge is 0.146 e. The average Bonchev–Trinajstić information content (AvgIpc) is 2.41. The minimum atomic E-state index is 0.297. The van der Waals surface area contributed by atoms with Crippen LogP contribution in [0.15, 0.2) is 36.4 Å². The summed E-state index contributed by atoms with van der Waals surface area (Å²) in [4.78, 5) is 0. The summed E-state index contributed by atoms with van der Waals surface area (Å²) in [5.41, 5.74) is 1.25. The average molecular weight is 249 g/mol. The van der Waals surface area contributed by atoms with Gasteiger partial charge in [-0.25, -0.2) is 0 Å². The van der Waals surface area contributed by atoms with E-state index in [0.717, 1.165) is 10.4 Å². The van der Waals surface area contributed by atoms with Gasteiger partial charge in [-0.15, -0.1) is 0 Å². The third-order valence-electron chi connectivity index (χ3n) is 3.15. The lowest BCUT2D eigenvalue weighted by atomic mass is 9.94. The molecule has 0 amide bonds. The Bertz CT molecular complexity index is 533. The summed E-state index contributed by atoms with van der Waals surface area (Å²) in [5, 5.41) is 3.08. The molecule has 1 saturated heterocycles. The second-order valence-corrected chi connectivity index (χ2v) is 4.65. The molecule has 2 aromatic carbocycles. The van der Waals surface area contributed by atoms with E-state index in [1.54, 1.807) is 0 Å². The monoisotopic (exact) mass is 248 g/mol. The van der Waals surface area contributed by atoms with Crippen LogP contribution in [0.2, 0.25) is 5.02 Å². The van der Waals surface area contributed by atoms with Crippen LogP contribution in [0.3, 0.4) is 0 Å². The van der Waals surface area contributed by atoms with E-state index in [9.17, 15) is 0 Å². The maximum atomic E-state index is 6.21. The number of ether oxygens (including phenoxy) is 2. The van der Waals surface area contributed by atoms with Crippen LogP contribution in [0, 0.1) is 0 Å². The Morgan fingerprint density at radius 2 is 1.65 bits per heavy atom. The van der Waals surface area contributed by atoms with Crippen LogP contribution in [0.4, 0.5) is 0 Å². The van der Waals surface area contributed by atoms with Gasteiger partial charge in [0.05, 0.1) is 13.2 Å². The van der Waals surface area contributed by atoms with Crippen molar-refractivity contribution in [1.29, 1.82) is 0 Å². The van der Waals surface area contributed by atoms with E-state index in [-0.39, 0.29) is 0 Å². The zero-order valence-corrected chi connectivity index (χ0v) is 10.1. The van der Waals surface area contributed by atoms with E-state index in [1.807, 2.05) is 24.3 Å². The first kappa shape index (κ1) is 11.0. The molecule has 3 rings (SSSR count). The Morgan fingerprint density at radius 3 is 2.41 bits per heavy atom. The quantitative estimate of drug-likeness (QED) is 0.768. The van der Waals surface area contributed by atoms with Crippen LogP contribution in [-0.2, 0) is 9.47 Å². The molecule has 2 nitrogen and oxygen atoms in total. The number of hydrogen-bond donors (Lipinski definition) is 0. The number of hydrogen-bond acceptors (Lipinski definition) is 2. The molecule has 0 saturated carbocycles. The van der Waals surface area contributed by atoms with Crippen molar-refractivity contribution in [3.63, 3.8) is 0 Å². The largest absolute Gasteiger partial charge is 0.355 e. The molecule has 0 aliphatic carbocycles. The normalized spacial score (nSPS) is 17.5. The third-order valence-corrected chi connectivity index (χ3v) is 3.48. The highest BCUT2D eigenvalue weighted by atomic mass is 35.5. The molecule has 0 aromatic heterocycles. The predicted octanol–water partition coefficient (Wildman–Crippen LogP) is 3.58. The Kier molecular flexibility index (Phi) is 3.02. The number of benzene rings is 2. The maximum absolute atomic E-state index is 6.21. The van der Waals surface area contributed by atoms with Crippen LogP contribution in [0.25, 0.3) is 10.8 Å². The van der Waals surface area contributed by atoms with Gasteiger partial charge in [0, 0.05) is 16.3 Å². The first-order valence-corrected chi connectivity index (χ1v) is 6.06. The highest BCUT2D eigenvalue weighted by Crippen LogP contribution is 2.32. The van der Waals surface area contributed by atoms with Crippen molar-refractivity contribution in [2.24, 2.45) is 0 Å². The third kappa shape index (κ3) is 2.04. The second kappa shape index (κ2) is 4.65. The van der Waals surface area contributed by atoms with Crippen LogP contribution in [0.5, 0.6) is 0 Å². The summed E-state index contributed by atoms with van der Waals surface area (Å²) in [6, 6.07) is 12.2. The summed E-state index contributed by atoms with van der Waals surface area (Å²) in [7, 11) is 0. The molecular weight excluding hydrogens is 236 g/mol. The van der Waals surface area contributed by atoms with Crippen molar-refractivity contribution in [2.75, 3.05) is 20.0 Å². The van der Waals surface area contributed by atoms with Crippen LogP contribution < -0.4 is 0 Å². The van der Waals surface area contributed by atoms with Gasteiger partial charge in [-0.3, -0.25) is 0 Å². The van der Waals surface area contributed by atoms with E-state index >= 15 is 0 Å². The van der Waals surface area contributed by atoms with E-state index in [0.29, 0.717) is 25.9 Å². The van der Waals surface area contributed by atoms with Crippen LogP contribution in [0.1, 0.15) is 11.5 Å². The molecule has 1 fully saturated rings. The Balaban J connectivity index is 2.12. The molecule has 0 unspecified atom stereocenters. The van der Waals surface area contributed by atoms with Crippen LogP contribution >= 0.6 is 11.6 Å². The first-order valence-electron chi connectivity index (χ1n) is 5.69. The minimum Gasteiger partial charge on any atom is -0.355 e. The highest BCUT2D eigenvalue weighted by molar-refractivity contribution is 6.35. The number of rotatable bonds is 1. The zero-order chi connectivity index (χ0) is 11.7. The summed E-state index contributed by atoms with van der Waals surface area (Å²) in [5.74, 6) is 0.297. The molecule has 0 spiro atoms. The molecule has 1 aliphatic rings. The zero-order valence-electron chi connectivity index (χ0n) is 9.36. The lowest BCUT2D eigenvalue weighted by Crippen LogP contribution is -2.22. The molecule has 17 heavy (non-hydrogen) atoms. The summed E-state index contributed by atoms with van der Waals surface area (Å²) >= 11 is 6.21. The fourth-order valence-electron chi connectivity index (χ4n) is 2.31. The van der Waals surface area contributed by atoms with Crippen molar-refractivity contribution in [2.45, 2.75) is 5.92 Å². The fourth-order valence-corrected chi connectivity index (χ4v) is 2.54. The second-order valence-electron chi connectivity index (χ2n) is 4.24. The van der Waals surface area contributed by atoms with Gasteiger partial charge < -0.3 is 9.47 Å².